The van der Waals surface area contributed by atoms with Gasteiger partial charge in [0, 0.05) is 18.2 Å². The summed E-state index contributed by atoms with van der Waals surface area (Å²) in [6.45, 7) is 0.390. The van der Waals surface area contributed by atoms with Crippen LogP contribution < -0.4 is 24.3 Å². The van der Waals surface area contributed by atoms with Gasteiger partial charge in [-0.3, -0.25) is 4.79 Å². The van der Waals surface area contributed by atoms with Crippen molar-refractivity contribution in [1.82, 2.24) is 5.32 Å². The normalized spacial score (nSPS) is 10.9. The largest absolute Gasteiger partial charge is 0.497 e. The topological polar surface area (TPSA) is 89.8 Å². The molecule has 0 unspecified atom stereocenters. The van der Waals surface area contributed by atoms with Crippen molar-refractivity contribution >= 4 is 51.1 Å². The predicted octanol–water partition coefficient (Wildman–Crippen LogP) is 6.58. The molecule has 3 aromatic rings. The minimum absolute atomic E-state index is 0.0779. The van der Waals surface area contributed by atoms with Crippen molar-refractivity contribution in [2.75, 3.05) is 21.3 Å². The Hall–Kier alpha value is -3.38. The SMILES string of the molecule is COc1ccc(CNC(=O)/C(C#N)=C/c2cc(Br)c(OCc3ccc(Cl)c(Cl)c3)c(OC)c2)c(OC)c1. The quantitative estimate of drug-likeness (QED) is 0.207. The van der Waals surface area contributed by atoms with Gasteiger partial charge in [0.05, 0.1) is 35.8 Å². The van der Waals surface area contributed by atoms with Gasteiger partial charge >= 0.3 is 0 Å². The van der Waals surface area contributed by atoms with Crippen LogP contribution in [0, 0.1) is 11.3 Å². The molecule has 0 bridgehead atoms. The molecule has 3 rings (SSSR count). The Balaban J connectivity index is 1.76. The second-order valence-corrected chi connectivity index (χ2v) is 9.27. The number of nitrogens with one attached hydrogen (secondary N) is 1. The molecule has 7 nitrogen and oxygen atoms in total. The van der Waals surface area contributed by atoms with E-state index in [0.717, 1.165) is 11.1 Å². The molecule has 0 aliphatic heterocycles. The molecular weight excluding hydrogens is 583 g/mol. The molecule has 0 aliphatic rings. The van der Waals surface area contributed by atoms with E-state index in [-0.39, 0.29) is 18.7 Å². The minimum Gasteiger partial charge on any atom is -0.497 e. The number of halogens is 3. The molecule has 1 amide bonds. The molecule has 0 atom stereocenters. The summed E-state index contributed by atoms with van der Waals surface area (Å²) in [6.07, 6.45) is 1.47. The lowest BCUT2D eigenvalue weighted by Crippen LogP contribution is -2.24. The van der Waals surface area contributed by atoms with Gasteiger partial charge in [0.1, 0.15) is 29.7 Å². The fourth-order valence-corrected chi connectivity index (χ4v) is 4.23. The molecule has 192 valence electrons. The predicted molar refractivity (Wildman–Crippen MR) is 146 cm³/mol. The molecule has 3 aromatic carbocycles. The second kappa shape index (κ2) is 13.2. The van der Waals surface area contributed by atoms with Crippen molar-refractivity contribution in [1.29, 1.82) is 5.26 Å². The number of amides is 1. The monoisotopic (exact) mass is 604 g/mol. The zero-order chi connectivity index (χ0) is 26.9. The van der Waals surface area contributed by atoms with Crippen molar-refractivity contribution in [3.05, 3.63) is 85.3 Å². The number of carbonyl (C=O) groups excluding carboxylic acids is 1. The van der Waals surface area contributed by atoms with E-state index >= 15 is 0 Å². The Morgan fingerprint density at radius 2 is 1.76 bits per heavy atom. The van der Waals surface area contributed by atoms with Crippen molar-refractivity contribution < 1.29 is 23.7 Å². The highest BCUT2D eigenvalue weighted by Gasteiger charge is 2.15. The van der Waals surface area contributed by atoms with Crippen LogP contribution in [0.5, 0.6) is 23.0 Å². The first-order valence-electron chi connectivity index (χ1n) is 10.8. The van der Waals surface area contributed by atoms with E-state index in [4.69, 9.17) is 42.1 Å². The van der Waals surface area contributed by atoms with Crippen molar-refractivity contribution in [2.24, 2.45) is 0 Å². The summed E-state index contributed by atoms with van der Waals surface area (Å²) < 4.78 is 22.6. The van der Waals surface area contributed by atoms with E-state index in [0.29, 0.717) is 43.1 Å². The van der Waals surface area contributed by atoms with E-state index in [1.807, 2.05) is 12.1 Å². The maximum absolute atomic E-state index is 12.7. The maximum atomic E-state index is 12.7. The smallest absolute Gasteiger partial charge is 0.262 e. The number of nitrogens with zero attached hydrogens (tertiary/aromatic N) is 1. The van der Waals surface area contributed by atoms with Gasteiger partial charge < -0.3 is 24.3 Å². The van der Waals surface area contributed by atoms with Gasteiger partial charge in [-0.05, 0) is 69.5 Å². The third-order valence-corrected chi connectivity index (χ3v) is 6.56. The third kappa shape index (κ3) is 7.32. The molecule has 0 spiro atoms. The van der Waals surface area contributed by atoms with Crippen molar-refractivity contribution in [3.63, 3.8) is 0 Å². The average molecular weight is 606 g/mol. The summed E-state index contributed by atoms with van der Waals surface area (Å²) in [5.74, 6) is 1.54. The van der Waals surface area contributed by atoms with Crippen molar-refractivity contribution in [3.8, 4) is 29.1 Å². The first kappa shape index (κ1) is 28.2. The molecule has 0 saturated carbocycles. The van der Waals surface area contributed by atoms with Gasteiger partial charge in [-0.25, -0.2) is 0 Å². The van der Waals surface area contributed by atoms with E-state index in [1.165, 1.54) is 20.3 Å². The third-order valence-electron chi connectivity index (χ3n) is 5.23. The summed E-state index contributed by atoms with van der Waals surface area (Å²) in [6, 6.07) is 15.8. The van der Waals surface area contributed by atoms with Gasteiger partial charge in [0.15, 0.2) is 11.5 Å². The van der Waals surface area contributed by atoms with Gasteiger partial charge in [0.25, 0.3) is 5.91 Å². The molecule has 37 heavy (non-hydrogen) atoms. The van der Waals surface area contributed by atoms with E-state index in [2.05, 4.69) is 21.2 Å². The van der Waals surface area contributed by atoms with Crippen LogP contribution in [0.25, 0.3) is 6.08 Å². The van der Waals surface area contributed by atoms with E-state index in [1.54, 1.807) is 49.6 Å². The summed E-state index contributed by atoms with van der Waals surface area (Å²) in [7, 11) is 4.59. The first-order chi connectivity index (χ1) is 17.8. The lowest BCUT2D eigenvalue weighted by molar-refractivity contribution is -0.117. The minimum atomic E-state index is -0.532. The maximum Gasteiger partial charge on any atom is 0.262 e. The summed E-state index contributed by atoms with van der Waals surface area (Å²) >= 11 is 15.5. The zero-order valence-electron chi connectivity index (χ0n) is 20.2. The van der Waals surface area contributed by atoms with Gasteiger partial charge in [0.2, 0.25) is 0 Å². The van der Waals surface area contributed by atoms with Crippen LogP contribution in [0.1, 0.15) is 16.7 Å². The Kier molecular flexibility index (Phi) is 10.1. The molecule has 0 fully saturated rings. The number of hydrogen-bond donors (Lipinski definition) is 1. The number of nitriles is 1. The van der Waals surface area contributed by atoms with Gasteiger partial charge in [-0.2, -0.15) is 5.26 Å². The molecule has 0 saturated heterocycles. The number of hydrogen-bond acceptors (Lipinski definition) is 6. The van der Waals surface area contributed by atoms with Crippen LogP contribution in [0.2, 0.25) is 10.0 Å². The average Bonchev–Trinajstić information content (AvgIpc) is 2.91. The summed E-state index contributed by atoms with van der Waals surface area (Å²) in [5.41, 5.74) is 2.05. The van der Waals surface area contributed by atoms with Crippen LogP contribution in [0.4, 0.5) is 0 Å². The highest BCUT2D eigenvalue weighted by molar-refractivity contribution is 9.10. The van der Waals surface area contributed by atoms with E-state index in [9.17, 15) is 10.1 Å². The Labute approximate surface area is 233 Å². The highest BCUT2D eigenvalue weighted by Crippen LogP contribution is 2.38. The fourth-order valence-electron chi connectivity index (χ4n) is 3.33. The second-order valence-electron chi connectivity index (χ2n) is 7.60. The Morgan fingerprint density at radius 3 is 2.41 bits per heavy atom. The Bertz CT molecular complexity index is 1370. The zero-order valence-corrected chi connectivity index (χ0v) is 23.3. The molecule has 0 radical (unpaired) electrons. The highest BCUT2D eigenvalue weighted by atomic mass is 79.9. The molecule has 10 heteroatoms. The van der Waals surface area contributed by atoms with Crippen LogP contribution in [-0.4, -0.2) is 27.2 Å². The van der Waals surface area contributed by atoms with Gasteiger partial charge in [-0.15, -0.1) is 0 Å². The number of methoxy groups -OCH3 is 3. The lowest BCUT2D eigenvalue weighted by Gasteiger charge is -2.14. The van der Waals surface area contributed by atoms with E-state index < -0.39 is 5.91 Å². The van der Waals surface area contributed by atoms with Crippen LogP contribution in [0.15, 0.2) is 58.6 Å². The summed E-state index contributed by atoms with van der Waals surface area (Å²) in [4.78, 5) is 12.7. The number of benzene rings is 3. The van der Waals surface area contributed by atoms with Gasteiger partial charge in [-0.1, -0.05) is 29.3 Å². The molecule has 0 aromatic heterocycles. The molecule has 0 aliphatic carbocycles. The molecular formula is C27H23BrCl2N2O5. The fraction of sp³-hybridized carbons (Fsp3) is 0.185. The summed E-state index contributed by atoms with van der Waals surface area (Å²) in [5, 5.41) is 13.3. The van der Waals surface area contributed by atoms with Crippen LogP contribution >= 0.6 is 39.1 Å². The lowest BCUT2D eigenvalue weighted by atomic mass is 10.1. The number of ether oxygens (including phenoxy) is 4. The first-order valence-corrected chi connectivity index (χ1v) is 12.4. The Morgan fingerprint density at radius 1 is 1.00 bits per heavy atom. The van der Waals surface area contributed by atoms with Crippen molar-refractivity contribution in [2.45, 2.75) is 13.2 Å². The molecule has 1 N–H and O–H groups in total. The number of rotatable bonds is 10. The molecule has 0 heterocycles. The van der Waals surface area contributed by atoms with Crippen LogP contribution in [0.3, 0.4) is 0 Å². The van der Waals surface area contributed by atoms with Crippen LogP contribution in [-0.2, 0) is 17.9 Å². The standard InChI is InChI=1S/C27H23BrCl2N2O5/c1-34-20-6-5-18(24(12-20)35-2)14-32-27(33)19(13-31)8-17-9-21(28)26(25(11-17)36-3)37-15-16-4-7-22(29)23(30)10-16/h4-12H,14-15H2,1-3H3,(H,32,33)/b19-8+. The number of carbonyl (C=O) groups is 1.